The highest BCUT2D eigenvalue weighted by Gasteiger charge is 2.19. The van der Waals surface area contributed by atoms with Crippen LogP contribution in [-0.4, -0.2) is 45.1 Å². The molecular weight excluding hydrogens is 352 g/mol. The van der Waals surface area contributed by atoms with Crippen LogP contribution in [0.2, 0.25) is 0 Å². The van der Waals surface area contributed by atoms with Crippen molar-refractivity contribution in [3.8, 4) is 5.75 Å². The maximum Gasteiger partial charge on any atom is 0.251 e. The summed E-state index contributed by atoms with van der Waals surface area (Å²) < 4.78 is 30.8. The van der Waals surface area contributed by atoms with Gasteiger partial charge in [-0.25, -0.2) is 8.42 Å². The lowest BCUT2D eigenvalue weighted by molar-refractivity contribution is 0.0951. The number of nitrogens with one attached hydrogen (secondary N) is 1. The van der Waals surface area contributed by atoms with E-state index in [2.05, 4.69) is 5.32 Å². The predicted molar refractivity (Wildman–Crippen MR) is 102 cm³/mol. The molecule has 140 valence electrons. The SMILES string of the molecule is COc1ccccc1CN(CCNC(=O)c1cccc(C)c1)S(C)(=O)=O. The highest BCUT2D eigenvalue weighted by molar-refractivity contribution is 7.88. The van der Waals surface area contributed by atoms with Crippen molar-refractivity contribution in [2.24, 2.45) is 0 Å². The van der Waals surface area contributed by atoms with Crippen LogP contribution in [0.4, 0.5) is 0 Å². The fourth-order valence-corrected chi connectivity index (χ4v) is 3.36. The third-order valence-corrected chi connectivity index (χ3v) is 5.18. The summed E-state index contributed by atoms with van der Waals surface area (Å²) in [6.07, 6.45) is 1.16. The first-order valence-corrected chi connectivity index (χ1v) is 10.1. The van der Waals surface area contributed by atoms with Gasteiger partial charge in [-0.2, -0.15) is 4.31 Å². The highest BCUT2D eigenvalue weighted by Crippen LogP contribution is 2.20. The second kappa shape index (κ2) is 8.82. The Morgan fingerprint density at radius 3 is 2.54 bits per heavy atom. The summed E-state index contributed by atoms with van der Waals surface area (Å²) in [6, 6.07) is 14.5. The number of carbonyl (C=O) groups is 1. The number of methoxy groups -OCH3 is 1. The third kappa shape index (κ3) is 5.57. The molecule has 0 heterocycles. The Balaban J connectivity index is 2.02. The smallest absolute Gasteiger partial charge is 0.251 e. The number of amides is 1. The maximum absolute atomic E-state index is 12.2. The molecule has 2 aromatic carbocycles. The molecule has 2 aromatic rings. The van der Waals surface area contributed by atoms with Crippen LogP contribution in [0.25, 0.3) is 0 Å². The molecule has 6 nitrogen and oxygen atoms in total. The molecule has 0 saturated heterocycles. The standard InChI is InChI=1S/C19H24N2O4S/c1-15-7-6-9-16(13-15)19(22)20-11-12-21(26(3,23)24)14-17-8-4-5-10-18(17)25-2/h4-10,13H,11-12,14H2,1-3H3,(H,20,22). The molecule has 0 aromatic heterocycles. The van der Waals surface area contributed by atoms with Crippen molar-refractivity contribution in [3.63, 3.8) is 0 Å². The fraction of sp³-hybridized carbons (Fsp3) is 0.316. The molecule has 0 aliphatic carbocycles. The van der Waals surface area contributed by atoms with Crippen LogP contribution in [0.15, 0.2) is 48.5 Å². The zero-order valence-electron chi connectivity index (χ0n) is 15.2. The van der Waals surface area contributed by atoms with Crippen molar-refractivity contribution >= 4 is 15.9 Å². The van der Waals surface area contributed by atoms with Gasteiger partial charge < -0.3 is 10.1 Å². The van der Waals surface area contributed by atoms with Crippen LogP contribution in [0.5, 0.6) is 5.75 Å². The molecule has 0 bridgehead atoms. The Morgan fingerprint density at radius 1 is 1.15 bits per heavy atom. The minimum atomic E-state index is -3.43. The van der Waals surface area contributed by atoms with Gasteiger partial charge in [-0.05, 0) is 25.1 Å². The van der Waals surface area contributed by atoms with Crippen LogP contribution < -0.4 is 10.1 Å². The minimum Gasteiger partial charge on any atom is -0.496 e. The van der Waals surface area contributed by atoms with E-state index in [9.17, 15) is 13.2 Å². The first kappa shape index (κ1) is 19.9. The lowest BCUT2D eigenvalue weighted by Crippen LogP contribution is -2.37. The number of hydrogen-bond donors (Lipinski definition) is 1. The first-order chi connectivity index (χ1) is 12.3. The monoisotopic (exact) mass is 376 g/mol. The van der Waals surface area contributed by atoms with Crippen molar-refractivity contribution in [2.45, 2.75) is 13.5 Å². The molecule has 0 atom stereocenters. The molecule has 0 aliphatic rings. The van der Waals surface area contributed by atoms with E-state index < -0.39 is 10.0 Å². The number of aryl methyl sites for hydroxylation is 1. The quantitative estimate of drug-likeness (QED) is 0.766. The van der Waals surface area contributed by atoms with Gasteiger partial charge >= 0.3 is 0 Å². The van der Waals surface area contributed by atoms with Gasteiger partial charge in [0.2, 0.25) is 10.0 Å². The molecule has 0 unspecified atom stereocenters. The Kier molecular flexibility index (Phi) is 6.76. The molecule has 7 heteroatoms. The third-order valence-electron chi connectivity index (χ3n) is 3.94. The lowest BCUT2D eigenvalue weighted by Gasteiger charge is -2.21. The normalized spacial score (nSPS) is 11.4. The van der Waals surface area contributed by atoms with E-state index >= 15 is 0 Å². The van der Waals surface area contributed by atoms with Gasteiger partial charge in [-0.3, -0.25) is 4.79 Å². The summed E-state index contributed by atoms with van der Waals surface area (Å²) in [4.78, 5) is 12.2. The second-order valence-electron chi connectivity index (χ2n) is 6.03. The Labute approximate surface area is 154 Å². The Morgan fingerprint density at radius 2 is 1.88 bits per heavy atom. The number of ether oxygens (including phenoxy) is 1. The Hall–Kier alpha value is -2.38. The number of hydrogen-bond acceptors (Lipinski definition) is 4. The van der Waals surface area contributed by atoms with Crippen molar-refractivity contribution in [1.82, 2.24) is 9.62 Å². The van der Waals surface area contributed by atoms with Gasteiger partial charge in [0.25, 0.3) is 5.91 Å². The van der Waals surface area contributed by atoms with Crippen molar-refractivity contribution < 1.29 is 17.9 Å². The predicted octanol–water partition coefficient (Wildman–Crippen LogP) is 2.20. The van der Waals surface area contributed by atoms with Gasteiger partial charge in [0.1, 0.15) is 5.75 Å². The van der Waals surface area contributed by atoms with Crippen molar-refractivity contribution in [3.05, 3.63) is 65.2 Å². The van der Waals surface area contributed by atoms with E-state index in [1.165, 1.54) is 4.31 Å². The minimum absolute atomic E-state index is 0.175. The Bertz CT molecular complexity index is 865. The number of nitrogens with zero attached hydrogens (tertiary/aromatic N) is 1. The lowest BCUT2D eigenvalue weighted by atomic mass is 10.1. The number of benzene rings is 2. The largest absolute Gasteiger partial charge is 0.496 e. The zero-order chi connectivity index (χ0) is 19.2. The van der Waals surface area contributed by atoms with E-state index in [4.69, 9.17) is 4.74 Å². The number of rotatable bonds is 8. The molecule has 0 radical (unpaired) electrons. The van der Waals surface area contributed by atoms with Crippen LogP contribution in [0.1, 0.15) is 21.5 Å². The van der Waals surface area contributed by atoms with Crippen LogP contribution in [0, 0.1) is 6.92 Å². The second-order valence-corrected chi connectivity index (χ2v) is 8.02. The molecule has 1 N–H and O–H groups in total. The summed E-state index contributed by atoms with van der Waals surface area (Å²) >= 11 is 0. The number of para-hydroxylation sites is 1. The average Bonchev–Trinajstić information content (AvgIpc) is 2.60. The van der Waals surface area contributed by atoms with Crippen molar-refractivity contribution in [1.29, 1.82) is 0 Å². The molecular formula is C19H24N2O4S. The molecule has 0 aliphatic heterocycles. The van der Waals surface area contributed by atoms with E-state index in [1.807, 2.05) is 37.3 Å². The molecule has 0 fully saturated rings. The average molecular weight is 376 g/mol. The fourth-order valence-electron chi connectivity index (χ4n) is 2.57. The molecule has 1 amide bonds. The molecule has 0 saturated carbocycles. The zero-order valence-corrected chi connectivity index (χ0v) is 16.0. The summed E-state index contributed by atoms with van der Waals surface area (Å²) in [5.74, 6) is 0.407. The van der Waals surface area contributed by atoms with E-state index in [1.54, 1.807) is 25.3 Å². The molecule has 2 rings (SSSR count). The maximum atomic E-state index is 12.2. The van der Waals surface area contributed by atoms with Crippen LogP contribution >= 0.6 is 0 Å². The summed E-state index contributed by atoms with van der Waals surface area (Å²) in [5, 5.41) is 2.77. The van der Waals surface area contributed by atoms with Gasteiger partial charge in [-0.1, -0.05) is 35.9 Å². The van der Waals surface area contributed by atoms with E-state index in [-0.39, 0.29) is 25.5 Å². The van der Waals surface area contributed by atoms with E-state index in [0.717, 1.165) is 17.4 Å². The van der Waals surface area contributed by atoms with Gasteiger partial charge in [0.05, 0.1) is 13.4 Å². The molecule has 0 spiro atoms. The first-order valence-electron chi connectivity index (χ1n) is 8.23. The van der Waals surface area contributed by atoms with Gasteiger partial charge in [0.15, 0.2) is 0 Å². The summed E-state index contributed by atoms with van der Waals surface area (Å²) in [7, 11) is -1.88. The number of sulfonamides is 1. The van der Waals surface area contributed by atoms with Gasteiger partial charge in [-0.15, -0.1) is 0 Å². The summed E-state index contributed by atoms with van der Waals surface area (Å²) in [5.41, 5.74) is 2.32. The van der Waals surface area contributed by atoms with Crippen LogP contribution in [0.3, 0.4) is 0 Å². The molecule has 26 heavy (non-hydrogen) atoms. The highest BCUT2D eigenvalue weighted by atomic mass is 32.2. The topological polar surface area (TPSA) is 75.7 Å². The summed E-state index contributed by atoms with van der Waals surface area (Å²) in [6.45, 7) is 2.49. The number of carbonyl (C=O) groups excluding carboxylic acids is 1. The van der Waals surface area contributed by atoms with Gasteiger partial charge in [0, 0.05) is 30.8 Å². The van der Waals surface area contributed by atoms with Crippen molar-refractivity contribution in [2.75, 3.05) is 26.5 Å². The van der Waals surface area contributed by atoms with E-state index in [0.29, 0.717) is 11.3 Å². The van der Waals surface area contributed by atoms with Crippen LogP contribution in [-0.2, 0) is 16.6 Å².